The summed E-state index contributed by atoms with van der Waals surface area (Å²) in [6, 6.07) is 9.52. The van der Waals surface area contributed by atoms with Crippen molar-refractivity contribution >= 4 is 20.3 Å². The Morgan fingerprint density at radius 3 is 2.50 bits per heavy atom. The molecular formula is C28H39NO4Si. The molecule has 0 bridgehead atoms. The highest BCUT2D eigenvalue weighted by molar-refractivity contribution is 6.74. The molecule has 1 aromatic carbocycles. The van der Waals surface area contributed by atoms with Crippen LogP contribution in [0.25, 0.3) is 0 Å². The second-order valence-corrected chi connectivity index (χ2v) is 15.8. The first-order chi connectivity index (χ1) is 15.9. The summed E-state index contributed by atoms with van der Waals surface area (Å²) in [4.78, 5) is 28.1. The van der Waals surface area contributed by atoms with Gasteiger partial charge in [0, 0.05) is 13.0 Å². The van der Waals surface area contributed by atoms with Crippen molar-refractivity contribution in [2.75, 3.05) is 6.54 Å². The van der Waals surface area contributed by atoms with Crippen molar-refractivity contribution in [3.8, 4) is 11.8 Å². The molecule has 0 unspecified atom stereocenters. The minimum Gasteiger partial charge on any atom is -0.547 e. The molecule has 1 fully saturated rings. The molecule has 2 amide bonds. The minimum absolute atomic E-state index is 0.0846. The maximum atomic E-state index is 13.8. The Labute approximate surface area is 206 Å². The Balaban J connectivity index is 1.85. The number of amides is 2. The highest BCUT2D eigenvalue weighted by Gasteiger charge is 2.54. The van der Waals surface area contributed by atoms with Gasteiger partial charge in [-0.2, -0.15) is 0 Å². The number of benzene rings is 1. The molecule has 6 heteroatoms. The number of hydrogen-bond acceptors (Lipinski definition) is 4. The van der Waals surface area contributed by atoms with Crippen molar-refractivity contribution in [3.05, 3.63) is 47.2 Å². The summed E-state index contributed by atoms with van der Waals surface area (Å²) in [6.45, 7) is 15.6. The minimum atomic E-state index is -2.01. The van der Waals surface area contributed by atoms with E-state index in [1.165, 1.54) is 4.90 Å². The number of imide groups is 1. The lowest BCUT2D eigenvalue weighted by atomic mass is 9.61. The van der Waals surface area contributed by atoms with Crippen molar-refractivity contribution in [2.24, 2.45) is 11.3 Å². The number of carbonyl (C=O) groups is 2. The van der Waals surface area contributed by atoms with Crippen molar-refractivity contribution < 1.29 is 18.8 Å². The van der Waals surface area contributed by atoms with E-state index in [2.05, 4.69) is 52.6 Å². The molecule has 1 aliphatic carbocycles. The summed E-state index contributed by atoms with van der Waals surface area (Å²) in [5.41, 5.74) is 1.23. The summed E-state index contributed by atoms with van der Waals surface area (Å²) >= 11 is 0. The standard InChI is InChI=1S/C28H39NO4Si/c1-8-13-23-21(2)24(33-34(6,7)27(3,4)5)16-18-28(23)17-12-19-29(25(28)30)26(31)32-20-22-14-10-9-11-15-22/h9-11,14-15,23H,12,16-20H2,1-7H3/t23-,28-/m0/s1. The van der Waals surface area contributed by atoms with Gasteiger partial charge in [0.15, 0.2) is 0 Å². The van der Waals surface area contributed by atoms with Crippen LogP contribution < -0.4 is 0 Å². The van der Waals surface area contributed by atoms with Gasteiger partial charge in [-0.3, -0.25) is 4.79 Å². The Bertz CT molecular complexity index is 1010. The van der Waals surface area contributed by atoms with Crippen LogP contribution >= 0.6 is 0 Å². The Hall–Kier alpha value is -2.52. The first-order valence-corrected chi connectivity index (χ1v) is 15.2. The highest BCUT2D eigenvalue weighted by atomic mass is 28.4. The van der Waals surface area contributed by atoms with Crippen LogP contribution in [-0.2, 0) is 20.6 Å². The largest absolute Gasteiger partial charge is 0.547 e. The molecule has 1 spiro atoms. The van der Waals surface area contributed by atoms with Crippen molar-refractivity contribution in [1.82, 2.24) is 4.90 Å². The molecular weight excluding hydrogens is 442 g/mol. The van der Waals surface area contributed by atoms with E-state index in [0.717, 1.165) is 29.7 Å². The van der Waals surface area contributed by atoms with E-state index in [1.807, 2.05) is 37.3 Å². The van der Waals surface area contributed by atoms with Crippen LogP contribution in [0.1, 0.15) is 65.9 Å². The molecule has 0 aromatic heterocycles. The van der Waals surface area contributed by atoms with Gasteiger partial charge in [-0.1, -0.05) is 57.0 Å². The van der Waals surface area contributed by atoms with Gasteiger partial charge in [0.1, 0.15) is 6.61 Å². The lowest BCUT2D eigenvalue weighted by molar-refractivity contribution is -0.147. The second-order valence-electron chi connectivity index (χ2n) is 11.1. The second kappa shape index (κ2) is 9.99. The zero-order valence-electron chi connectivity index (χ0n) is 21.8. The first kappa shape index (κ1) is 26.1. The number of likely N-dealkylation sites (tertiary alicyclic amines) is 1. The van der Waals surface area contributed by atoms with E-state index in [4.69, 9.17) is 9.16 Å². The van der Waals surface area contributed by atoms with Gasteiger partial charge in [-0.15, -0.1) is 5.92 Å². The lowest BCUT2D eigenvalue weighted by Gasteiger charge is -2.48. The number of hydrogen-bond donors (Lipinski definition) is 0. The van der Waals surface area contributed by atoms with E-state index >= 15 is 0 Å². The average molecular weight is 482 g/mol. The van der Waals surface area contributed by atoms with Crippen LogP contribution in [0.5, 0.6) is 0 Å². The summed E-state index contributed by atoms with van der Waals surface area (Å²) in [7, 11) is -2.01. The number of ether oxygens (including phenoxy) is 1. The third-order valence-electron chi connectivity index (χ3n) is 7.80. The van der Waals surface area contributed by atoms with Crippen LogP contribution in [-0.4, -0.2) is 31.8 Å². The number of piperidine rings is 1. The van der Waals surface area contributed by atoms with E-state index in [-0.39, 0.29) is 23.5 Å². The fourth-order valence-corrected chi connectivity index (χ4v) is 5.92. The molecule has 34 heavy (non-hydrogen) atoms. The number of nitrogens with zero attached hydrogens (tertiary/aromatic N) is 1. The zero-order chi connectivity index (χ0) is 25.1. The normalized spacial score (nSPS) is 23.4. The summed E-state index contributed by atoms with van der Waals surface area (Å²) in [5.74, 6) is 6.94. The fraction of sp³-hybridized carbons (Fsp3) is 0.571. The van der Waals surface area contributed by atoms with Crippen molar-refractivity contribution in [1.29, 1.82) is 0 Å². The van der Waals surface area contributed by atoms with Gasteiger partial charge in [0.25, 0.3) is 0 Å². The van der Waals surface area contributed by atoms with Crippen LogP contribution in [0.2, 0.25) is 18.1 Å². The average Bonchev–Trinajstić information content (AvgIpc) is 2.78. The van der Waals surface area contributed by atoms with E-state index < -0.39 is 19.8 Å². The molecule has 1 aliphatic heterocycles. The van der Waals surface area contributed by atoms with E-state index in [9.17, 15) is 9.59 Å². The molecule has 5 nitrogen and oxygen atoms in total. The molecule has 2 aliphatic rings. The van der Waals surface area contributed by atoms with Crippen LogP contribution in [0.3, 0.4) is 0 Å². The van der Waals surface area contributed by atoms with Gasteiger partial charge >= 0.3 is 6.09 Å². The van der Waals surface area contributed by atoms with Crippen LogP contribution in [0.4, 0.5) is 4.79 Å². The van der Waals surface area contributed by atoms with Gasteiger partial charge < -0.3 is 9.16 Å². The molecule has 1 saturated heterocycles. The quantitative estimate of drug-likeness (QED) is 0.356. The molecule has 0 N–H and O–H groups in total. The van der Waals surface area contributed by atoms with E-state index in [0.29, 0.717) is 19.4 Å². The lowest BCUT2D eigenvalue weighted by Crippen LogP contribution is -2.55. The summed E-state index contributed by atoms with van der Waals surface area (Å²) in [6.07, 6.45) is 2.23. The zero-order valence-corrected chi connectivity index (χ0v) is 22.8. The highest BCUT2D eigenvalue weighted by Crippen LogP contribution is 2.51. The maximum Gasteiger partial charge on any atom is 0.416 e. The first-order valence-electron chi connectivity index (χ1n) is 12.3. The molecule has 2 atom stereocenters. The molecule has 0 saturated carbocycles. The fourth-order valence-electron chi connectivity index (χ4n) is 4.74. The molecule has 184 valence electrons. The van der Waals surface area contributed by atoms with Gasteiger partial charge in [-0.25, -0.2) is 9.69 Å². The number of allylic oxidation sites excluding steroid dienone is 2. The third kappa shape index (κ3) is 5.10. The smallest absolute Gasteiger partial charge is 0.416 e. The summed E-state index contributed by atoms with van der Waals surface area (Å²) < 4.78 is 12.2. The van der Waals surface area contributed by atoms with Gasteiger partial charge in [0.2, 0.25) is 14.2 Å². The van der Waals surface area contributed by atoms with Crippen molar-refractivity contribution in [2.45, 2.75) is 85.0 Å². The Kier molecular flexibility index (Phi) is 7.67. The van der Waals surface area contributed by atoms with Gasteiger partial charge in [-0.05, 0) is 62.4 Å². The maximum absolute atomic E-state index is 13.8. The van der Waals surface area contributed by atoms with Crippen LogP contribution in [0, 0.1) is 23.2 Å². The Morgan fingerprint density at radius 2 is 1.88 bits per heavy atom. The topological polar surface area (TPSA) is 55.8 Å². The predicted molar refractivity (Wildman–Crippen MR) is 137 cm³/mol. The van der Waals surface area contributed by atoms with E-state index in [1.54, 1.807) is 0 Å². The number of carbonyl (C=O) groups excluding carboxylic acids is 2. The Morgan fingerprint density at radius 1 is 1.21 bits per heavy atom. The van der Waals surface area contributed by atoms with Gasteiger partial charge in [0.05, 0.1) is 17.1 Å². The monoisotopic (exact) mass is 481 g/mol. The molecule has 1 aromatic rings. The molecule has 0 radical (unpaired) electrons. The SMILES string of the molecule is CC#C[C@H]1C(C)=C(O[Si](C)(C)C(C)(C)C)CC[C@@]12CCCN(C(=O)OCc1ccccc1)C2=O. The summed E-state index contributed by atoms with van der Waals surface area (Å²) in [5, 5.41) is 0.0846. The number of rotatable bonds is 4. The molecule has 1 heterocycles. The third-order valence-corrected chi connectivity index (χ3v) is 12.2. The van der Waals surface area contributed by atoms with Crippen molar-refractivity contribution in [3.63, 3.8) is 0 Å². The molecule has 3 rings (SSSR count). The van der Waals surface area contributed by atoms with Crippen LogP contribution in [0.15, 0.2) is 41.7 Å². The predicted octanol–water partition coefficient (Wildman–Crippen LogP) is 6.66.